The Bertz CT molecular complexity index is 121. The molecule has 1 heteroatoms. The summed E-state index contributed by atoms with van der Waals surface area (Å²) in [6, 6.07) is 0. The summed E-state index contributed by atoms with van der Waals surface area (Å²) in [5, 5.41) is 0. The summed E-state index contributed by atoms with van der Waals surface area (Å²) >= 11 is 0. The first-order valence-corrected chi connectivity index (χ1v) is 6.28. The van der Waals surface area contributed by atoms with Crippen molar-refractivity contribution in [3.63, 3.8) is 0 Å². The van der Waals surface area contributed by atoms with Crippen LogP contribution in [-0.4, -0.2) is 6.17 Å². The molecule has 0 aromatic carbocycles. The van der Waals surface area contributed by atoms with Gasteiger partial charge in [0.25, 0.3) is 0 Å². The Balaban J connectivity index is 0.000000241. The summed E-state index contributed by atoms with van der Waals surface area (Å²) in [6.45, 7) is 8.48. The SMILES string of the molecule is CCC1(CC)CC1.CCCC(F)CC. The van der Waals surface area contributed by atoms with Crippen molar-refractivity contribution in [2.24, 2.45) is 5.41 Å². The first kappa shape index (κ1) is 13.9. The highest BCUT2D eigenvalue weighted by atomic mass is 19.1. The van der Waals surface area contributed by atoms with Gasteiger partial charge in [-0.3, -0.25) is 0 Å². The molecule has 1 saturated carbocycles. The van der Waals surface area contributed by atoms with Crippen molar-refractivity contribution in [1.29, 1.82) is 0 Å². The van der Waals surface area contributed by atoms with Crippen LogP contribution in [0.5, 0.6) is 0 Å². The van der Waals surface area contributed by atoms with Gasteiger partial charge in [-0.15, -0.1) is 0 Å². The van der Waals surface area contributed by atoms with Crippen LogP contribution in [0.3, 0.4) is 0 Å². The lowest BCUT2D eigenvalue weighted by Crippen LogP contribution is -1.94. The fourth-order valence-electron chi connectivity index (χ4n) is 1.65. The Labute approximate surface area is 89.3 Å². The minimum Gasteiger partial charge on any atom is -0.248 e. The van der Waals surface area contributed by atoms with Crippen molar-refractivity contribution >= 4 is 0 Å². The predicted octanol–water partition coefficient (Wildman–Crippen LogP) is 5.12. The zero-order valence-electron chi connectivity index (χ0n) is 10.4. The molecule has 0 aromatic heterocycles. The molecule has 1 fully saturated rings. The monoisotopic (exact) mass is 202 g/mol. The van der Waals surface area contributed by atoms with Gasteiger partial charge in [0, 0.05) is 0 Å². The average molecular weight is 202 g/mol. The molecule has 1 aliphatic rings. The Morgan fingerprint density at radius 2 is 1.57 bits per heavy atom. The molecule has 0 heterocycles. The smallest absolute Gasteiger partial charge is 0.0998 e. The van der Waals surface area contributed by atoms with Gasteiger partial charge < -0.3 is 0 Å². The Morgan fingerprint density at radius 3 is 1.64 bits per heavy atom. The first-order valence-electron chi connectivity index (χ1n) is 6.28. The number of rotatable bonds is 5. The third-order valence-electron chi connectivity index (χ3n) is 3.50. The summed E-state index contributed by atoms with van der Waals surface area (Å²) in [5.74, 6) is 0. The van der Waals surface area contributed by atoms with Gasteiger partial charge in [-0.1, -0.05) is 47.0 Å². The van der Waals surface area contributed by atoms with E-state index in [2.05, 4.69) is 13.8 Å². The van der Waals surface area contributed by atoms with Gasteiger partial charge in [0.1, 0.15) is 0 Å². The quantitative estimate of drug-likeness (QED) is 0.580. The molecule has 1 unspecified atom stereocenters. The van der Waals surface area contributed by atoms with E-state index in [1.54, 1.807) is 0 Å². The van der Waals surface area contributed by atoms with Gasteiger partial charge in [0.05, 0.1) is 6.17 Å². The maximum Gasteiger partial charge on any atom is 0.0998 e. The number of hydrogen-bond donors (Lipinski definition) is 0. The van der Waals surface area contributed by atoms with Crippen LogP contribution in [0, 0.1) is 5.41 Å². The molecule has 1 atom stereocenters. The van der Waals surface area contributed by atoms with Crippen LogP contribution in [0.1, 0.15) is 72.6 Å². The molecule has 0 amide bonds. The van der Waals surface area contributed by atoms with Crippen LogP contribution in [0.25, 0.3) is 0 Å². The lowest BCUT2D eigenvalue weighted by molar-refractivity contribution is 0.303. The average Bonchev–Trinajstić information content (AvgIpc) is 2.99. The first-order chi connectivity index (χ1) is 6.64. The standard InChI is InChI=1S/C7H14.C6H13F/c1-3-7(4-2)5-6-7;1-3-5-6(7)4-2/h3-6H2,1-2H3;6H,3-5H2,1-2H3. The van der Waals surface area contributed by atoms with Gasteiger partial charge in [0.15, 0.2) is 0 Å². The number of hydrogen-bond acceptors (Lipinski definition) is 0. The van der Waals surface area contributed by atoms with Gasteiger partial charge >= 0.3 is 0 Å². The second-order valence-corrected chi connectivity index (χ2v) is 4.50. The van der Waals surface area contributed by atoms with E-state index in [1.165, 1.54) is 25.7 Å². The van der Waals surface area contributed by atoms with Crippen molar-refractivity contribution in [3.8, 4) is 0 Å². The molecule has 0 radical (unpaired) electrons. The molecular weight excluding hydrogens is 175 g/mol. The van der Waals surface area contributed by atoms with Gasteiger partial charge in [-0.25, -0.2) is 4.39 Å². The molecule has 1 rings (SSSR count). The minimum atomic E-state index is -0.551. The molecule has 0 spiro atoms. The van der Waals surface area contributed by atoms with Crippen molar-refractivity contribution in [1.82, 2.24) is 0 Å². The fourth-order valence-corrected chi connectivity index (χ4v) is 1.65. The summed E-state index contributed by atoms with van der Waals surface area (Å²) in [6.07, 6.45) is 7.64. The molecule has 0 aromatic rings. The van der Waals surface area contributed by atoms with E-state index < -0.39 is 6.17 Å². The van der Waals surface area contributed by atoms with E-state index >= 15 is 0 Å². The van der Waals surface area contributed by atoms with Crippen molar-refractivity contribution in [2.45, 2.75) is 78.8 Å². The van der Waals surface area contributed by atoms with Gasteiger partial charge in [-0.2, -0.15) is 0 Å². The summed E-state index contributed by atoms with van der Waals surface area (Å²) in [7, 11) is 0. The second-order valence-electron chi connectivity index (χ2n) is 4.50. The van der Waals surface area contributed by atoms with Crippen LogP contribution in [0.2, 0.25) is 0 Å². The van der Waals surface area contributed by atoms with E-state index in [0.717, 1.165) is 18.3 Å². The van der Waals surface area contributed by atoms with Crippen LogP contribution >= 0.6 is 0 Å². The molecule has 0 aliphatic heterocycles. The summed E-state index contributed by atoms with van der Waals surface area (Å²) in [5.41, 5.74) is 0.833. The third-order valence-corrected chi connectivity index (χ3v) is 3.50. The highest BCUT2D eigenvalue weighted by Crippen LogP contribution is 2.51. The van der Waals surface area contributed by atoms with Crippen LogP contribution in [-0.2, 0) is 0 Å². The fraction of sp³-hybridized carbons (Fsp3) is 1.00. The summed E-state index contributed by atoms with van der Waals surface area (Å²) in [4.78, 5) is 0. The maximum atomic E-state index is 12.1. The van der Waals surface area contributed by atoms with Crippen molar-refractivity contribution in [3.05, 3.63) is 0 Å². The van der Waals surface area contributed by atoms with E-state index in [4.69, 9.17) is 0 Å². The molecule has 86 valence electrons. The van der Waals surface area contributed by atoms with Gasteiger partial charge in [0.2, 0.25) is 0 Å². The highest BCUT2D eigenvalue weighted by Gasteiger charge is 2.37. The Hall–Kier alpha value is -0.0700. The van der Waals surface area contributed by atoms with E-state index in [-0.39, 0.29) is 0 Å². The van der Waals surface area contributed by atoms with E-state index in [1.807, 2.05) is 13.8 Å². The molecule has 0 saturated heterocycles. The predicted molar refractivity (Wildman–Crippen MR) is 62.3 cm³/mol. The molecule has 14 heavy (non-hydrogen) atoms. The molecule has 0 bridgehead atoms. The Kier molecular flexibility index (Phi) is 7.22. The Morgan fingerprint density at radius 1 is 1.07 bits per heavy atom. The normalized spacial score (nSPS) is 19.5. The minimum absolute atomic E-state index is 0.551. The molecule has 0 nitrogen and oxygen atoms in total. The van der Waals surface area contributed by atoms with E-state index in [9.17, 15) is 4.39 Å². The number of alkyl halides is 1. The highest BCUT2D eigenvalue weighted by molar-refractivity contribution is 4.89. The lowest BCUT2D eigenvalue weighted by atomic mass is 10.0. The van der Waals surface area contributed by atoms with E-state index in [0.29, 0.717) is 6.42 Å². The van der Waals surface area contributed by atoms with Crippen LogP contribution < -0.4 is 0 Å². The molecule has 1 aliphatic carbocycles. The van der Waals surface area contributed by atoms with Crippen LogP contribution in [0.15, 0.2) is 0 Å². The van der Waals surface area contributed by atoms with Gasteiger partial charge in [-0.05, 0) is 31.1 Å². The van der Waals surface area contributed by atoms with Crippen LogP contribution in [0.4, 0.5) is 4.39 Å². The topological polar surface area (TPSA) is 0 Å². The molecular formula is C13H27F. The number of halogens is 1. The summed E-state index contributed by atoms with van der Waals surface area (Å²) < 4.78 is 12.1. The third kappa shape index (κ3) is 5.62. The maximum absolute atomic E-state index is 12.1. The zero-order chi connectivity index (χ0) is 11.0. The van der Waals surface area contributed by atoms with Crippen molar-refractivity contribution in [2.75, 3.05) is 0 Å². The zero-order valence-corrected chi connectivity index (χ0v) is 10.4. The molecule has 0 N–H and O–H groups in total. The van der Waals surface area contributed by atoms with Crippen molar-refractivity contribution < 1.29 is 4.39 Å². The largest absolute Gasteiger partial charge is 0.248 e. The second kappa shape index (κ2) is 7.25. The lowest BCUT2D eigenvalue weighted by Gasteiger charge is -2.04.